The number of β-amino-alcohol motifs (C(OH)–C–C–N with tert-alkyl or cyclic N) is 1. The molecule has 1 unspecified atom stereocenters. The smallest absolute Gasteiger partial charge is 0.117 e. The molecule has 5 heteroatoms. The summed E-state index contributed by atoms with van der Waals surface area (Å²) in [5, 5.41) is 17.8. The van der Waals surface area contributed by atoms with Crippen LogP contribution in [0.1, 0.15) is 33.4 Å². The molecule has 1 atom stereocenters. The Morgan fingerprint density at radius 1 is 1.44 bits per heavy atom. The second-order valence-corrected chi connectivity index (χ2v) is 6.20. The zero-order valence-electron chi connectivity index (χ0n) is 10.5. The number of aliphatic hydroxyl groups is 1. The number of aromatic nitrogens is 2. The molecule has 0 aliphatic heterocycles. The molecule has 1 heterocycles. The van der Waals surface area contributed by atoms with Gasteiger partial charge in [0.05, 0.1) is 16.4 Å². The van der Waals surface area contributed by atoms with Crippen LogP contribution in [0.25, 0.3) is 0 Å². The normalized spacial score (nSPS) is 16.2. The fourth-order valence-electron chi connectivity index (χ4n) is 1.54. The van der Waals surface area contributed by atoms with E-state index >= 15 is 0 Å². The summed E-state index contributed by atoms with van der Waals surface area (Å²) in [6.07, 6.45) is 1.70. The summed E-state index contributed by atoms with van der Waals surface area (Å²) in [6.45, 7) is 8.48. The van der Waals surface area contributed by atoms with E-state index in [1.807, 2.05) is 7.05 Å². The number of rotatable bonds is 3. The molecule has 0 fully saturated rings. The Labute approximate surface area is 105 Å². The van der Waals surface area contributed by atoms with Gasteiger partial charge in [-0.2, -0.15) is 5.10 Å². The first-order valence-corrected chi connectivity index (χ1v) is 6.08. The van der Waals surface area contributed by atoms with Crippen molar-refractivity contribution in [2.75, 3.05) is 6.54 Å². The fraction of sp³-hybridized carbons (Fsp3) is 0.727. The predicted octanol–water partition coefficient (Wildman–Crippen LogP) is 1.78. The zero-order chi connectivity index (χ0) is 12.6. The van der Waals surface area contributed by atoms with Gasteiger partial charge in [-0.25, -0.2) is 0 Å². The van der Waals surface area contributed by atoms with E-state index < -0.39 is 5.60 Å². The number of halogens is 1. The second-order valence-electron chi connectivity index (χ2n) is 5.34. The Balaban J connectivity index is 2.86. The monoisotopic (exact) mass is 289 g/mol. The van der Waals surface area contributed by atoms with E-state index in [0.717, 1.165) is 10.2 Å². The molecule has 0 aromatic carbocycles. The Bertz CT molecular complexity index is 346. The van der Waals surface area contributed by atoms with Crippen LogP contribution < -0.4 is 5.32 Å². The van der Waals surface area contributed by atoms with Gasteiger partial charge in [0.2, 0.25) is 0 Å². The predicted molar refractivity (Wildman–Crippen MR) is 68.2 cm³/mol. The van der Waals surface area contributed by atoms with Crippen molar-refractivity contribution in [3.63, 3.8) is 0 Å². The molecule has 92 valence electrons. The third kappa shape index (κ3) is 3.30. The summed E-state index contributed by atoms with van der Waals surface area (Å²) >= 11 is 3.40. The highest BCUT2D eigenvalue weighted by Gasteiger charge is 2.30. The molecule has 0 saturated carbocycles. The number of aryl methyl sites for hydroxylation is 1. The minimum absolute atomic E-state index is 0.0188. The maximum atomic E-state index is 10.4. The topological polar surface area (TPSA) is 50.1 Å². The first-order valence-electron chi connectivity index (χ1n) is 5.29. The van der Waals surface area contributed by atoms with Crippen LogP contribution in [-0.2, 0) is 12.6 Å². The third-order valence-electron chi connectivity index (χ3n) is 2.37. The SMILES string of the molecule is Cn1ncc(Br)c1C(C)(O)CNC(C)(C)C. The highest BCUT2D eigenvalue weighted by molar-refractivity contribution is 9.10. The van der Waals surface area contributed by atoms with E-state index in [1.165, 1.54) is 0 Å². The van der Waals surface area contributed by atoms with Crippen LogP contribution in [0.15, 0.2) is 10.7 Å². The lowest BCUT2D eigenvalue weighted by molar-refractivity contribution is 0.0413. The van der Waals surface area contributed by atoms with Crippen molar-refractivity contribution in [1.29, 1.82) is 0 Å². The Kier molecular flexibility index (Phi) is 3.82. The fourth-order valence-corrected chi connectivity index (χ4v) is 2.31. The van der Waals surface area contributed by atoms with Crippen molar-refractivity contribution in [2.45, 2.75) is 38.8 Å². The minimum atomic E-state index is -0.947. The minimum Gasteiger partial charge on any atom is -0.382 e. The van der Waals surface area contributed by atoms with Crippen molar-refractivity contribution in [1.82, 2.24) is 15.1 Å². The number of nitrogens with zero attached hydrogens (tertiary/aromatic N) is 2. The molecular formula is C11H20BrN3O. The molecule has 0 amide bonds. The van der Waals surface area contributed by atoms with Gasteiger partial charge in [-0.1, -0.05) is 0 Å². The maximum absolute atomic E-state index is 10.4. The van der Waals surface area contributed by atoms with Crippen LogP contribution in [0.3, 0.4) is 0 Å². The quantitative estimate of drug-likeness (QED) is 0.892. The maximum Gasteiger partial charge on any atom is 0.117 e. The van der Waals surface area contributed by atoms with Gasteiger partial charge in [0.1, 0.15) is 5.60 Å². The van der Waals surface area contributed by atoms with Crippen LogP contribution in [0.4, 0.5) is 0 Å². The van der Waals surface area contributed by atoms with Crippen molar-refractivity contribution < 1.29 is 5.11 Å². The number of nitrogens with one attached hydrogen (secondary N) is 1. The van der Waals surface area contributed by atoms with Crippen LogP contribution >= 0.6 is 15.9 Å². The Morgan fingerprint density at radius 2 is 2.00 bits per heavy atom. The molecule has 0 radical (unpaired) electrons. The average molecular weight is 290 g/mol. The van der Waals surface area contributed by atoms with Crippen LogP contribution in [0.2, 0.25) is 0 Å². The van der Waals surface area contributed by atoms with Gasteiger partial charge in [0.25, 0.3) is 0 Å². The molecule has 0 spiro atoms. The standard InChI is InChI=1S/C11H20BrN3O/c1-10(2,3)13-7-11(4,16)9-8(12)6-14-15(9)5/h6,13,16H,7H2,1-5H3. The summed E-state index contributed by atoms with van der Waals surface area (Å²) in [4.78, 5) is 0. The van der Waals surface area contributed by atoms with Gasteiger partial charge in [-0.3, -0.25) is 4.68 Å². The average Bonchev–Trinajstić information content (AvgIpc) is 2.42. The second kappa shape index (κ2) is 4.47. The van der Waals surface area contributed by atoms with E-state index in [4.69, 9.17) is 0 Å². The number of hydrogen-bond donors (Lipinski definition) is 2. The molecule has 2 N–H and O–H groups in total. The summed E-state index contributed by atoms with van der Waals surface area (Å²) in [5.74, 6) is 0. The molecule has 0 bridgehead atoms. The van der Waals surface area contributed by atoms with E-state index in [1.54, 1.807) is 17.8 Å². The van der Waals surface area contributed by atoms with Gasteiger partial charge >= 0.3 is 0 Å². The van der Waals surface area contributed by atoms with Gasteiger partial charge in [0, 0.05) is 19.1 Å². The molecule has 1 aromatic heterocycles. The summed E-state index contributed by atoms with van der Waals surface area (Å²) < 4.78 is 2.52. The molecule has 0 aliphatic carbocycles. The van der Waals surface area contributed by atoms with Crippen LogP contribution in [0.5, 0.6) is 0 Å². The molecular weight excluding hydrogens is 270 g/mol. The first kappa shape index (κ1) is 13.7. The van der Waals surface area contributed by atoms with E-state index in [0.29, 0.717) is 6.54 Å². The lowest BCUT2D eigenvalue weighted by Crippen LogP contribution is -2.45. The van der Waals surface area contributed by atoms with Crippen molar-refractivity contribution >= 4 is 15.9 Å². The zero-order valence-corrected chi connectivity index (χ0v) is 12.1. The molecule has 0 saturated heterocycles. The molecule has 1 rings (SSSR count). The van der Waals surface area contributed by atoms with Gasteiger partial charge in [-0.15, -0.1) is 0 Å². The third-order valence-corrected chi connectivity index (χ3v) is 2.95. The van der Waals surface area contributed by atoms with E-state index in [9.17, 15) is 5.11 Å². The Morgan fingerprint density at radius 3 is 2.38 bits per heavy atom. The highest BCUT2D eigenvalue weighted by atomic mass is 79.9. The van der Waals surface area contributed by atoms with Gasteiger partial charge in [-0.05, 0) is 43.6 Å². The molecule has 0 aliphatic rings. The molecule has 4 nitrogen and oxygen atoms in total. The lowest BCUT2D eigenvalue weighted by Gasteiger charge is -2.29. The number of hydrogen-bond acceptors (Lipinski definition) is 3. The molecule has 16 heavy (non-hydrogen) atoms. The van der Waals surface area contributed by atoms with Crippen molar-refractivity contribution in [3.05, 3.63) is 16.4 Å². The summed E-state index contributed by atoms with van der Waals surface area (Å²) in [7, 11) is 1.83. The van der Waals surface area contributed by atoms with Gasteiger partial charge < -0.3 is 10.4 Å². The largest absolute Gasteiger partial charge is 0.382 e. The first-order chi connectivity index (χ1) is 7.13. The van der Waals surface area contributed by atoms with Crippen molar-refractivity contribution in [2.24, 2.45) is 7.05 Å². The van der Waals surface area contributed by atoms with Crippen LogP contribution in [-0.4, -0.2) is 27.0 Å². The van der Waals surface area contributed by atoms with E-state index in [2.05, 4.69) is 47.1 Å². The Hall–Kier alpha value is -0.390. The summed E-state index contributed by atoms with van der Waals surface area (Å²) in [6, 6.07) is 0. The highest BCUT2D eigenvalue weighted by Crippen LogP contribution is 2.27. The molecule has 1 aromatic rings. The van der Waals surface area contributed by atoms with E-state index in [-0.39, 0.29) is 5.54 Å². The van der Waals surface area contributed by atoms with Crippen molar-refractivity contribution in [3.8, 4) is 0 Å². The van der Waals surface area contributed by atoms with Gasteiger partial charge in [0.15, 0.2) is 0 Å². The summed E-state index contributed by atoms with van der Waals surface area (Å²) in [5.41, 5.74) is -0.184. The lowest BCUT2D eigenvalue weighted by atomic mass is 10.00. The van der Waals surface area contributed by atoms with Crippen LogP contribution in [0, 0.1) is 0 Å².